The fraction of sp³-hybridized carbons (Fsp3) is 0.636. The molecule has 1 heterocycles. The number of piperazine rings is 1. The van der Waals surface area contributed by atoms with Gasteiger partial charge in [0, 0.05) is 51.2 Å². The Balaban J connectivity index is 1.82. The maximum Gasteiger partial charge on any atom is 0.225 e. The monoisotopic (exact) mass is 387 g/mol. The van der Waals surface area contributed by atoms with Gasteiger partial charge in [0.25, 0.3) is 0 Å². The van der Waals surface area contributed by atoms with Gasteiger partial charge in [-0.2, -0.15) is 0 Å². The summed E-state index contributed by atoms with van der Waals surface area (Å²) >= 11 is 0. The maximum absolute atomic E-state index is 12.0. The minimum atomic E-state index is -0.359. The van der Waals surface area contributed by atoms with Crippen molar-refractivity contribution in [3.8, 4) is 0 Å². The van der Waals surface area contributed by atoms with Gasteiger partial charge in [-0.05, 0) is 19.4 Å². The summed E-state index contributed by atoms with van der Waals surface area (Å²) in [7, 11) is 0. The highest BCUT2D eigenvalue weighted by molar-refractivity contribution is 5.81. The van der Waals surface area contributed by atoms with E-state index in [2.05, 4.69) is 58.5 Å². The summed E-state index contributed by atoms with van der Waals surface area (Å²) in [5.41, 5.74) is 2.34. The van der Waals surface area contributed by atoms with E-state index in [1.807, 2.05) is 20.8 Å². The van der Waals surface area contributed by atoms with Crippen LogP contribution in [-0.2, 0) is 11.3 Å². The van der Waals surface area contributed by atoms with Crippen molar-refractivity contribution >= 4 is 11.9 Å². The normalized spacial score (nSPS) is 16.2. The van der Waals surface area contributed by atoms with Crippen LogP contribution in [0.1, 0.15) is 38.8 Å². The average Bonchev–Trinajstić information content (AvgIpc) is 2.64. The van der Waals surface area contributed by atoms with Crippen LogP contribution in [0.2, 0.25) is 0 Å². The van der Waals surface area contributed by atoms with E-state index < -0.39 is 0 Å². The number of rotatable bonds is 6. The van der Waals surface area contributed by atoms with Crippen LogP contribution < -0.4 is 10.6 Å². The number of hydrogen-bond donors (Lipinski definition) is 2. The van der Waals surface area contributed by atoms with Crippen molar-refractivity contribution in [3.05, 3.63) is 35.4 Å². The Morgan fingerprint density at radius 3 is 2.46 bits per heavy atom. The molecule has 1 aliphatic heterocycles. The number of carbonyl (C=O) groups is 1. The van der Waals surface area contributed by atoms with Gasteiger partial charge in [0.1, 0.15) is 0 Å². The largest absolute Gasteiger partial charge is 0.357 e. The first-order valence-electron chi connectivity index (χ1n) is 10.4. The van der Waals surface area contributed by atoms with Gasteiger partial charge in [-0.25, -0.2) is 0 Å². The minimum absolute atomic E-state index is 0.0671. The summed E-state index contributed by atoms with van der Waals surface area (Å²) < 4.78 is 0. The molecule has 6 nitrogen and oxygen atoms in total. The van der Waals surface area contributed by atoms with Crippen LogP contribution in [0, 0.1) is 12.3 Å². The second-order valence-electron chi connectivity index (χ2n) is 8.49. The third kappa shape index (κ3) is 7.15. The lowest BCUT2D eigenvalue weighted by Crippen LogP contribution is -2.52. The van der Waals surface area contributed by atoms with Crippen LogP contribution in [0.15, 0.2) is 29.3 Å². The topological polar surface area (TPSA) is 60.0 Å². The first-order valence-corrected chi connectivity index (χ1v) is 10.4. The quantitative estimate of drug-likeness (QED) is 0.446. The smallest absolute Gasteiger partial charge is 0.225 e. The molecule has 0 bridgehead atoms. The molecule has 0 radical (unpaired) electrons. The number of guanidine groups is 1. The molecule has 1 amide bonds. The molecule has 1 aromatic carbocycles. The molecule has 0 spiro atoms. The Labute approximate surface area is 170 Å². The zero-order chi connectivity index (χ0) is 20.6. The van der Waals surface area contributed by atoms with E-state index in [0.29, 0.717) is 13.1 Å². The van der Waals surface area contributed by atoms with E-state index in [1.165, 1.54) is 11.1 Å². The Hall–Kier alpha value is -2.08. The number of amides is 1. The zero-order valence-electron chi connectivity index (χ0n) is 18.2. The van der Waals surface area contributed by atoms with Crippen LogP contribution in [0.25, 0.3) is 0 Å². The molecule has 1 fully saturated rings. The van der Waals surface area contributed by atoms with Crippen molar-refractivity contribution in [1.82, 2.24) is 20.4 Å². The third-order valence-corrected chi connectivity index (χ3v) is 4.84. The van der Waals surface area contributed by atoms with E-state index in [1.54, 1.807) is 0 Å². The van der Waals surface area contributed by atoms with Gasteiger partial charge < -0.3 is 15.5 Å². The van der Waals surface area contributed by atoms with Gasteiger partial charge in [-0.15, -0.1) is 0 Å². The highest BCUT2D eigenvalue weighted by atomic mass is 16.2. The lowest BCUT2D eigenvalue weighted by molar-refractivity contribution is -0.128. The van der Waals surface area contributed by atoms with Crippen molar-refractivity contribution < 1.29 is 4.79 Å². The molecule has 0 atom stereocenters. The fourth-order valence-corrected chi connectivity index (χ4v) is 3.21. The van der Waals surface area contributed by atoms with E-state index >= 15 is 0 Å². The lowest BCUT2D eigenvalue weighted by atomic mass is 9.96. The molecule has 0 saturated carbocycles. The van der Waals surface area contributed by atoms with Gasteiger partial charge in [0.2, 0.25) is 5.91 Å². The predicted octanol–water partition coefficient (Wildman–Crippen LogP) is 2.24. The number of aliphatic imine (C=N–C) groups is 1. The molecule has 2 N–H and O–H groups in total. The molecule has 0 aliphatic carbocycles. The highest BCUT2D eigenvalue weighted by Crippen LogP contribution is 2.12. The van der Waals surface area contributed by atoms with Crippen LogP contribution in [0.5, 0.6) is 0 Å². The first-order chi connectivity index (χ1) is 13.3. The Morgan fingerprint density at radius 1 is 1.14 bits per heavy atom. The van der Waals surface area contributed by atoms with Gasteiger partial charge in [0.05, 0.1) is 6.54 Å². The summed E-state index contributed by atoms with van der Waals surface area (Å²) in [6.07, 6.45) is 0. The predicted molar refractivity (Wildman–Crippen MR) is 116 cm³/mol. The average molecular weight is 388 g/mol. The number of hydrogen-bond acceptors (Lipinski definition) is 3. The third-order valence-electron chi connectivity index (χ3n) is 4.84. The standard InChI is InChI=1S/C22H37N5O/c1-6-23-21(25-11-10-24-20(28)22(3,4)5)27-14-12-26(13-15-27)17-19-9-7-8-18(2)16-19/h7-9,16H,6,10-15,17H2,1-5H3,(H,23,25)(H,24,28). The van der Waals surface area contributed by atoms with Crippen molar-refractivity contribution in [1.29, 1.82) is 0 Å². The Bertz CT molecular complexity index is 657. The van der Waals surface area contributed by atoms with Crippen molar-refractivity contribution in [2.45, 2.75) is 41.2 Å². The van der Waals surface area contributed by atoms with E-state index in [-0.39, 0.29) is 11.3 Å². The molecule has 2 rings (SSSR count). The van der Waals surface area contributed by atoms with Crippen molar-refractivity contribution in [2.75, 3.05) is 45.8 Å². The van der Waals surface area contributed by atoms with Crippen LogP contribution >= 0.6 is 0 Å². The molecular weight excluding hydrogens is 350 g/mol. The fourth-order valence-electron chi connectivity index (χ4n) is 3.21. The van der Waals surface area contributed by atoms with Gasteiger partial charge in [0.15, 0.2) is 5.96 Å². The summed E-state index contributed by atoms with van der Waals surface area (Å²) in [6, 6.07) is 8.75. The van der Waals surface area contributed by atoms with Crippen molar-refractivity contribution in [2.24, 2.45) is 10.4 Å². The molecular formula is C22H37N5O. The molecule has 0 unspecified atom stereocenters. The lowest BCUT2D eigenvalue weighted by Gasteiger charge is -2.36. The van der Waals surface area contributed by atoms with Gasteiger partial charge in [-0.1, -0.05) is 50.6 Å². The summed E-state index contributed by atoms with van der Waals surface area (Å²) in [6.45, 7) is 17.0. The summed E-state index contributed by atoms with van der Waals surface area (Å²) in [4.78, 5) is 21.5. The maximum atomic E-state index is 12.0. The summed E-state index contributed by atoms with van der Waals surface area (Å²) in [5, 5.41) is 6.35. The number of benzene rings is 1. The van der Waals surface area contributed by atoms with Crippen LogP contribution in [-0.4, -0.2) is 67.5 Å². The second kappa shape index (κ2) is 10.5. The minimum Gasteiger partial charge on any atom is -0.357 e. The van der Waals surface area contributed by atoms with Crippen LogP contribution in [0.4, 0.5) is 0 Å². The van der Waals surface area contributed by atoms with E-state index in [4.69, 9.17) is 4.99 Å². The molecule has 1 saturated heterocycles. The van der Waals surface area contributed by atoms with Crippen LogP contribution in [0.3, 0.4) is 0 Å². The Morgan fingerprint density at radius 2 is 1.86 bits per heavy atom. The zero-order valence-corrected chi connectivity index (χ0v) is 18.2. The van der Waals surface area contributed by atoms with E-state index in [0.717, 1.165) is 45.2 Å². The first kappa shape index (κ1) is 22.2. The molecule has 6 heteroatoms. The number of nitrogens with zero attached hydrogens (tertiary/aromatic N) is 3. The summed E-state index contributed by atoms with van der Waals surface area (Å²) in [5.74, 6) is 1.01. The number of carbonyl (C=O) groups excluding carboxylic acids is 1. The molecule has 0 aromatic heterocycles. The highest BCUT2D eigenvalue weighted by Gasteiger charge is 2.21. The molecule has 1 aromatic rings. The SMILES string of the molecule is CCNC(=NCCNC(=O)C(C)(C)C)N1CCN(Cc2cccc(C)c2)CC1. The van der Waals surface area contributed by atoms with Gasteiger partial charge in [-0.3, -0.25) is 14.7 Å². The Kier molecular flexibility index (Phi) is 8.30. The van der Waals surface area contributed by atoms with Crippen molar-refractivity contribution in [3.63, 3.8) is 0 Å². The van der Waals surface area contributed by atoms with E-state index in [9.17, 15) is 4.79 Å². The molecule has 156 valence electrons. The van der Waals surface area contributed by atoms with Gasteiger partial charge >= 0.3 is 0 Å². The number of nitrogens with one attached hydrogen (secondary N) is 2. The second-order valence-corrected chi connectivity index (χ2v) is 8.49. The molecule has 1 aliphatic rings. The number of aryl methyl sites for hydroxylation is 1. The molecule has 28 heavy (non-hydrogen) atoms.